The van der Waals surface area contributed by atoms with E-state index in [0.717, 1.165) is 0 Å². The summed E-state index contributed by atoms with van der Waals surface area (Å²) in [5, 5.41) is 9.01. The quantitative estimate of drug-likeness (QED) is 0.573. The molecule has 58 valence electrons. The zero-order chi connectivity index (χ0) is 8.43. The zero-order valence-corrected chi connectivity index (χ0v) is 5.94. The first-order valence-electron chi connectivity index (χ1n) is 3.00. The molecule has 0 atom stereocenters. The van der Waals surface area contributed by atoms with Crippen LogP contribution in [0.25, 0.3) is 0 Å². The third-order valence-corrected chi connectivity index (χ3v) is 1.42. The van der Waals surface area contributed by atoms with Crippen molar-refractivity contribution < 1.29 is 9.90 Å². The van der Waals surface area contributed by atoms with Gasteiger partial charge in [-0.2, -0.15) is 0 Å². The van der Waals surface area contributed by atoms with Gasteiger partial charge in [-0.15, -0.1) is 0 Å². The minimum Gasteiger partial charge on any atom is -0.503 e. The van der Waals surface area contributed by atoms with E-state index in [1.807, 2.05) is 0 Å². The van der Waals surface area contributed by atoms with Gasteiger partial charge in [0, 0.05) is 19.3 Å². The molecule has 0 aromatic carbocycles. The van der Waals surface area contributed by atoms with Crippen molar-refractivity contribution in [3.8, 4) is 5.75 Å². The van der Waals surface area contributed by atoms with Crippen molar-refractivity contribution in [3.05, 3.63) is 28.2 Å². The van der Waals surface area contributed by atoms with Crippen LogP contribution in [0.5, 0.6) is 5.75 Å². The van der Waals surface area contributed by atoms with E-state index in [2.05, 4.69) is 0 Å². The number of hydrogen-bond donors (Lipinski definition) is 1. The molecule has 0 aliphatic heterocycles. The van der Waals surface area contributed by atoms with Crippen LogP contribution >= 0.6 is 0 Å². The predicted molar refractivity (Wildman–Crippen MR) is 38.7 cm³/mol. The molecule has 0 aliphatic carbocycles. The Labute approximate surface area is 62.7 Å². The molecule has 4 nitrogen and oxygen atoms in total. The number of nitrogens with zero attached hydrogens (tertiary/aromatic N) is 1. The van der Waals surface area contributed by atoms with E-state index in [-0.39, 0.29) is 5.69 Å². The van der Waals surface area contributed by atoms with Crippen molar-refractivity contribution in [1.82, 2.24) is 4.57 Å². The Kier molecular flexibility index (Phi) is 1.76. The summed E-state index contributed by atoms with van der Waals surface area (Å²) in [5.74, 6) is -0.495. The number of aromatic hydroxyl groups is 1. The van der Waals surface area contributed by atoms with Gasteiger partial charge in [0.25, 0.3) is 0 Å². The smallest absolute Gasteiger partial charge is 0.223 e. The van der Waals surface area contributed by atoms with Crippen LogP contribution in [0.1, 0.15) is 10.5 Å². The van der Waals surface area contributed by atoms with Gasteiger partial charge < -0.3 is 9.67 Å². The summed E-state index contributed by atoms with van der Waals surface area (Å²) in [4.78, 5) is 21.0. The second-order valence-corrected chi connectivity index (χ2v) is 2.14. The average Bonchev–Trinajstić information content (AvgIpc) is 1.99. The monoisotopic (exact) mass is 153 g/mol. The first-order valence-corrected chi connectivity index (χ1v) is 3.00. The standard InChI is InChI=1S/C7H7NO3/c1-8-3-2-6(10)7(11)5(8)4-9/h2-4,11H,1H3. The molecular formula is C7H7NO3. The maximum Gasteiger partial charge on any atom is 0.223 e. The van der Waals surface area contributed by atoms with Crippen LogP contribution in [0.2, 0.25) is 0 Å². The molecule has 0 bridgehead atoms. The zero-order valence-electron chi connectivity index (χ0n) is 5.94. The Morgan fingerprint density at radius 1 is 1.64 bits per heavy atom. The molecule has 0 amide bonds. The lowest BCUT2D eigenvalue weighted by atomic mass is 10.3. The van der Waals surface area contributed by atoms with Crippen molar-refractivity contribution in [3.63, 3.8) is 0 Å². The summed E-state index contributed by atoms with van der Waals surface area (Å²) in [7, 11) is 1.57. The van der Waals surface area contributed by atoms with E-state index in [9.17, 15) is 9.59 Å². The highest BCUT2D eigenvalue weighted by Crippen LogP contribution is 2.05. The summed E-state index contributed by atoms with van der Waals surface area (Å²) in [6.07, 6.45) is 1.86. The van der Waals surface area contributed by atoms with Gasteiger partial charge in [0.15, 0.2) is 12.0 Å². The van der Waals surface area contributed by atoms with Gasteiger partial charge in [-0.1, -0.05) is 0 Å². The van der Waals surface area contributed by atoms with Crippen LogP contribution in [0.15, 0.2) is 17.1 Å². The number of pyridine rings is 1. The Hall–Kier alpha value is -1.58. The molecule has 11 heavy (non-hydrogen) atoms. The summed E-state index contributed by atoms with van der Waals surface area (Å²) in [5.41, 5.74) is -0.539. The maximum atomic E-state index is 10.7. The van der Waals surface area contributed by atoms with Crippen molar-refractivity contribution in [2.75, 3.05) is 0 Å². The van der Waals surface area contributed by atoms with E-state index < -0.39 is 11.2 Å². The number of hydrogen-bond acceptors (Lipinski definition) is 3. The normalized spacial score (nSPS) is 9.55. The van der Waals surface area contributed by atoms with Crippen molar-refractivity contribution >= 4 is 6.29 Å². The summed E-state index contributed by atoms with van der Waals surface area (Å²) in [6, 6.07) is 1.20. The highest BCUT2D eigenvalue weighted by molar-refractivity contribution is 5.76. The molecule has 1 N–H and O–H groups in total. The number of carbonyl (C=O) groups excluding carboxylic acids is 1. The first-order chi connectivity index (χ1) is 5.16. The second-order valence-electron chi connectivity index (χ2n) is 2.14. The van der Waals surface area contributed by atoms with E-state index >= 15 is 0 Å². The molecule has 0 aliphatic rings. The second kappa shape index (κ2) is 2.57. The largest absolute Gasteiger partial charge is 0.503 e. The van der Waals surface area contributed by atoms with E-state index in [1.54, 1.807) is 7.05 Å². The van der Waals surface area contributed by atoms with Crippen LogP contribution in [-0.4, -0.2) is 16.0 Å². The fourth-order valence-corrected chi connectivity index (χ4v) is 0.771. The number of aldehydes is 1. The van der Waals surface area contributed by atoms with Crippen LogP contribution in [0.3, 0.4) is 0 Å². The number of aryl methyl sites for hydroxylation is 1. The highest BCUT2D eigenvalue weighted by atomic mass is 16.3. The minimum absolute atomic E-state index is 0.00231. The maximum absolute atomic E-state index is 10.7. The molecule has 0 saturated heterocycles. The molecule has 0 spiro atoms. The number of aromatic nitrogens is 1. The van der Waals surface area contributed by atoms with Crippen LogP contribution in [0, 0.1) is 0 Å². The summed E-state index contributed by atoms with van der Waals surface area (Å²) < 4.78 is 1.38. The molecule has 0 unspecified atom stereocenters. The fraction of sp³-hybridized carbons (Fsp3) is 0.143. The van der Waals surface area contributed by atoms with Crippen molar-refractivity contribution in [2.45, 2.75) is 0 Å². The van der Waals surface area contributed by atoms with Gasteiger partial charge >= 0.3 is 0 Å². The topological polar surface area (TPSA) is 59.3 Å². The lowest BCUT2D eigenvalue weighted by Gasteiger charge is -2.01. The van der Waals surface area contributed by atoms with E-state index in [4.69, 9.17) is 5.11 Å². The van der Waals surface area contributed by atoms with E-state index in [0.29, 0.717) is 6.29 Å². The molecule has 1 aromatic rings. The van der Waals surface area contributed by atoms with Gasteiger partial charge in [0.1, 0.15) is 5.69 Å². The number of rotatable bonds is 1. The lowest BCUT2D eigenvalue weighted by molar-refractivity contribution is 0.111. The van der Waals surface area contributed by atoms with Gasteiger partial charge in [0.2, 0.25) is 5.43 Å². The highest BCUT2D eigenvalue weighted by Gasteiger charge is 2.04. The number of carbonyl (C=O) groups is 1. The van der Waals surface area contributed by atoms with Gasteiger partial charge in [-0.05, 0) is 0 Å². The fourth-order valence-electron chi connectivity index (χ4n) is 0.771. The molecule has 1 heterocycles. The molecule has 1 rings (SSSR count). The molecule has 0 radical (unpaired) electrons. The van der Waals surface area contributed by atoms with Gasteiger partial charge in [-0.3, -0.25) is 9.59 Å². The molecular weight excluding hydrogens is 146 g/mol. The predicted octanol–water partition coefficient (Wildman–Crippen LogP) is -0.0966. The van der Waals surface area contributed by atoms with Crippen LogP contribution in [-0.2, 0) is 7.05 Å². The Balaban J connectivity index is 3.53. The van der Waals surface area contributed by atoms with Crippen LogP contribution < -0.4 is 5.43 Å². The summed E-state index contributed by atoms with van der Waals surface area (Å²) >= 11 is 0. The third-order valence-electron chi connectivity index (χ3n) is 1.42. The van der Waals surface area contributed by atoms with E-state index in [1.165, 1.54) is 16.8 Å². The first kappa shape index (κ1) is 7.53. The molecule has 0 fully saturated rings. The van der Waals surface area contributed by atoms with Gasteiger partial charge in [-0.25, -0.2) is 0 Å². The van der Waals surface area contributed by atoms with Gasteiger partial charge in [0.05, 0.1) is 0 Å². The van der Waals surface area contributed by atoms with Crippen molar-refractivity contribution in [2.24, 2.45) is 7.05 Å². The Morgan fingerprint density at radius 2 is 2.27 bits per heavy atom. The Bertz CT molecular complexity index is 340. The SMILES string of the molecule is Cn1ccc(=O)c(O)c1C=O. The minimum atomic E-state index is -0.537. The molecule has 0 saturated carbocycles. The summed E-state index contributed by atoms with van der Waals surface area (Å²) in [6.45, 7) is 0. The lowest BCUT2D eigenvalue weighted by Crippen LogP contribution is -2.08. The van der Waals surface area contributed by atoms with Crippen LogP contribution in [0.4, 0.5) is 0 Å². The van der Waals surface area contributed by atoms with Crippen molar-refractivity contribution in [1.29, 1.82) is 0 Å². The third kappa shape index (κ3) is 1.14. The Morgan fingerprint density at radius 3 is 2.73 bits per heavy atom. The molecule has 1 aromatic heterocycles. The molecule has 4 heteroatoms. The average molecular weight is 153 g/mol.